The molecule has 0 radical (unpaired) electrons. The topological polar surface area (TPSA) is 64.6 Å². The van der Waals surface area contributed by atoms with E-state index in [1.54, 1.807) is 36.4 Å². The van der Waals surface area contributed by atoms with Crippen LogP contribution in [0.2, 0.25) is 5.02 Å². The highest BCUT2D eigenvalue weighted by Gasteiger charge is 2.19. The monoisotopic (exact) mass is 343 g/mol. The molecule has 122 valence electrons. The summed E-state index contributed by atoms with van der Waals surface area (Å²) < 4.78 is 10.5. The van der Waals surface area contributed by atoms with E-state index in [1.165, 1.54) is 13.0 Å². The number of fused-ring (bicyclic) bond motifs is 1. The molecule has 1 N–H and O–H groups in total. The van der Waals surface area contributed by atoms with Gasteiger partial charge in [-0.1, -0.05) is 23.7 Å². The number of Topliss-reactive ketones (excluding diaryl/α,β-unsaturated/α-hetero) is 1. The van der Waals surface area contributed by atoms with E-state index in [1.807, 2.05) is 6.07 Å². The van der Waals surface area contributed by atoms with Crippen LogP contribution < -0.4 is 14.8 Å². The highest BCUT2D eigenvalue weighted by molar-refractivity contribution is 6.30. The number of carbonyl (C=O) groups is 2. The molecule has 1 aliphatic heterocycles. The first-order valence-corrected chi connectivity index (χ1v) is 7.60. The summed E-state index contributed by atoms with van der Waals surface area (Å²) in [5, 5.41) is 3.28. The summed E-state index contributed by atoms with van der Waals surface area (Å²) in [4.78, 5) is 23.9. The van der Waals surface area contributed by atoms with Crippen LogP contribution in [0.3, 0.4) is 0 Å². The lowest BCUT2D eigenvalue weighted by Gasteiger charge is -2.09. The molecule has 0 aromatic heterocycles. The third kappa shape index (κ3) is 3.58. The van der Waals surface area contributed by atoms with Gasteiger partial charge in [-0.2, -0.15) is 0 Å². The van der Waals surface area contributed by atoms with E-state index in [9.17, 15) is 9.59 Å². The molecule has 0 bridgehead atoms. The smallest absolute Gasteiger partial charge is 0.248 e. The summed E-state index contributed by atoms with van der Waals surface area (Å²) >= 11 is 5.90. The van der Waals surface area contributed by atoms with Gasteiger partial charge in [0.25, 0.3) is 0 Å². The van der Waals surface area contributed by atoms with Crippen LogP contribution >= 0.6 is 11.6 Å². The first-order valence-electron chi connectivity index (χ1n) is 7.22. The van der Waals surface area contributed by atoms with Gasteiger partial charge in [-0.15, -0.1) is 0 Å². The first-order chi connectivity index (χ1) is 11.5. The van der Waals surface area contributed by atoms with Gasteiger partial charge in [0, 0.05) is 22.7 Å². The molecular formula is C18H14ClNO4. The quantitative estimate of drug-likeness (QED) is 0.675. The predicted octanol–water partition coefficient (Wildman–Crippen LogP) is 3.92. The number of carbonyl (C=O) groups excluding carboxylic acids is 2. The van der Waals surface area contributed by atoms with Crippen LogP contribution in [0.25, 0.3) is 6.08 Å². The molecule has 0 fully saturated rings. The molecule has 2 aromatic carbocycles. The third-order valence-electron chi connectivity index (χ3n) is 3.43. The predicted molar refractivity (Wildman–Crippen MR) is 91.7 cm³/mol. The number of benzene rings is 2. The Labute approximate surface area is 143 Å². The van der Waals surface area contributed by atoms with E-state index >= 15 is 0 Å². The fraction of sp³-hybridized carbons (Fsp3) is 0.111. The lowest BCUT2D eigenvalue weighted by Crippen LogP contribution is -2.11. The van der Waals surface area contributed by atoms with Crippen molar-refractivity contribution >= 4 is 35.1 Å². The van der Waals surface area contributed by atoms with Crippen LogP contribution in [0.1, 0.15) is 22.8 Å². The Kier molecular flexibility index (Phi) is 4.53. The Morgan fingerprint density at radius 3 is 2.62 bits per heavy atom. The molecule has 1 aliphatic rings. The second-order valence-electron chi connectivity index (χ2n) is 5.18. The van der Waals surface area contributed by atoms with E-state index in [4.69, 9.17) is 21.1 Å². The Hall–Kier alpha value is -2.79. The number of halogens is 1. The van der Waals surface area contributed by atoms with Crippen LogP contribution in [0, 0.1) is 0 Å². The summed E-state index contributed by atoms with van der Waals surface area (Å²) in [6, 6.07) is 10.3. The van der Waals surface area contributed by atoms with Crippen LogP contribution in [-0.4, -0.2) is 18.5 Å². The summed E-state index contributed by atoms with van der Waals surface area (Å²) in [7, 11) is 0. The van der Waals surface area contributed by atoms with Crippen molar-refractivity contribution in [2.75, 3.05) is 12.1 Å². The lowest BCUT2D eigenvalue weighted by molar-refractivity contribution is -0.111. The van der Waals surface area contributed by atoms with Gasteiger partial charge >= 0.3 is 0 Å². The Bertz CT molecular complexity index is 845. The van der Waals surface area contributed by atoms with E-state index in [0.717, 1.165) is 5.56 Å². The fourth-order valence-corrected chi connectivity index (χ4v) is 2.49. The average molecular weight is 344 g/mol. The van der Waals surface area contributed by atoms with Gasteiger partial charge in [-0.25, -0.2) is 0 Å². The van der Waals surface area contributed by atoms with Crippen molar-refractivity contribution in [1.29, 1.82) is 0 Å². The summed E-state index contributed by atoms with van der Waals surface area (Å²) in [5.74, 6) is 0.445. The molecule has 0 unspecified atom stereocenters. The fourth-order valence-electron chi connectivity index (χ4n) is 2.29. The molecule has 0 saturated heterocycles. The lowest BCUT2D eigenvalue weighted by atomic mass is 10.1. The van der Waals surface area contributed by atoms with Gasteiger partial charge in [0.05, 0.1) is 5.69 Å². The third-order valence-corrected chi connectivity index (χ3v) is 3.66. The second-order valence-corrected chi connectivity index (χ2v) is 5.62. The number of hydrogen-bond acceptors (Lipinski definition) is 4. The van der Waals surface area contributed by atoms with Crippen LogP contribution in [0.15, 0.2) is 42.5 Å². The SMILES string of the molecule is CC(=O)c1cc2c(cc1NC(=O)/C=C/c1cccc(Cl)c1)OCO2. The standard InChI is InChI=1S/C18H14ClNO4/c1-11(21)14-8-16-17(24-10-23-16)9-15(14)20-18(22)6-5-12-3-2-4-13(19)7-12/h2-9H,10H2,1H3,(H,20,22)/b6-5+. The second kappa shape index (κ2) is 6.76. The molecule has 24 heavy (non-hydrogen) atoms. The van der Waals surface area contributed by atoms with Crippen molar-refractivity contribution in [1.82, 2.24) is 0 Å². The number of amides is 1. The van der Waals surface area contributed by atoms with Crippen molar-refractivity contribution in [3.63, 3.8) is 0 Å². The normalized spacial score (nSPS) is 12.4. The highest BCUT2D eigenvalue weighted by Crippen LogP contribution is 2.37. The minimum Gasteiger partial charge on any atom is -0.454 e. The van der Waals surface area contributed by atoms with Crippen LogP contribution in [-0.2, 0) is 4.79 Å². The Balaban J connectivity index is 1.80. The van der Waals surface area contributed by atoms with Gasteiger partial charge in [0.1, 0.15) is 0 Å². The largest absolute Gasteiger partial charge is 0.454 e. The van der Waals surface area contributed by atoms with Crippen LogP contribution in [0.5, 0.6) is 11.5 Å². The zero-order valence-electron chi connectivity index (χ0n) is 12.8. The zero-order chi connectivity index (χ0) is 17.1. The van der Waals surface area contributed by atoms with E-state index in [-0.39, 0.29) is 18.5 Å². The number of rotatable bonds is 4. The Morgan fingerprint density at radius 1 is 1.17 bits per heavy atom. The molecule has 6 heteroatoms. The van der Waals surface area contributed by atoms with Gasteiger partial charge in [0.2, 0.25) is 12.7 Å². The maximum Gasteiger partial charge on any atom is 0.248 e. The molecule has 0 atom stereocenters. The highest BCUT2D eigenvalue weighted by atomic mass is 35.5. The van der Waals surface area contributed by atoms with Gasteiger partial charge < -0.3 is 14.8 Å². The van der Waals surface area contributed by atoms with Gasteiger partial charge in [0.15, 0.2) is 17.3 Å². The van der Waals surface area contributed by atoms with E-state index in [0.29, 0.717) is 27.8 Å². The van der Waals surface area contributed by atoms with Gasteiger partial charge in [-0.3, -0.25) is 9.59 Å². The summed E-state index contributed by atoms with van der Waals surface area (Å²) in [6.07, 6.45) is 3.02. The minimum atomic E-state index is -0.364. The van der Waals surface area contributed by atoms with Crippen molar-refractivity contribution in [2.45, 2.75) is 6.92 Å². The molecule has 5 nitrogen and oxygen atoms in total. The zero-order valence-corrected chi connectivity index (χ0v) is 13.6. The number of ether oxygens (including phenoxy) is 2. The molecule has 0 saturated carbocycles. The maximum absolute atomic E-state index is 12.1. The molecule has 1 amide bonds. The van der Waals surface area contributed by atoms with E-state index < -0.39 is 0 Å². The van der Waals surface area contributed by atoms with Crippen molar-refractivity contribution in [2.24, 2.45) is 0 Å². The van der Waals surface area contributed by atoms with Crippen molar-refractivity contribution < 1.29 is 19.1 Å². The van der Waals surface area contributed by atoms with Crippen molar-refractivity contribution in [3.05, 3.63) is 58.6 Å². The molecular weight excluding hydrogens is 330 g/mol. The van der Waals surface area contributed by atoms with Gasteiger partial charge in [-0.05, 0) is 36.8 Å². The number of nitrogens with one attached hydrogen (secondary N) is 1. The maximum atomic E-state index is 12.1. The molecule has 0 aliphatic carbocycles. The Morgan fingerprint density at radius 2 is 1.92 bits per heavy atom. The molecule has 0 spiro atoms. The summed E-state index contributed by atoms with van der Waals surface area (Å²) in [5.41, 5.74) is 1.55. The first kappa shape index (κ1) is 16.1. The number of hydrogen-bond donors (Lipinski definition) is 1. The summed E-state index contributed by atoms with van der Waals surface area (Å²) in [6.45, 7) is 1.52. The molecule has 1 heterocycles. The average Bonchev–Trinajstić information content (AvgIpc) is 2.99. The van der Waals surface area contributed by atoms with E-state index in [2.05, 4.69) is 5.32 Å². The number of ketones is 1. The van der Waals surface area contributed by atoms with Crippen LogP contribution in [0.4, 0.5) is 5.69 Å². The van der Waals surface area contributed by atoms with Crippen molar-refractivity contribution in [3.8, 4) is 11.5 Å². The minimum absolute atomic E-state index is 0.0960. The number of anilines is 1. The molecule has 3 rings (SSSR count). The molecule has 2 aromatic rings.